The van der Waals surface area contributed by atoms with Crippen molar-refractivity contribution in [1.29, 1.82) is 0 Å². The van der Waals surface area contributed by atoms with Crippen molar-refractivity contribution in [1.82, 2.24) is 9.55 Å². The number of methoxy groups -OCH3 is 1. The van der Waals surface area contributed by atoms with E-state index in [2.05, 4.69) is 4.98 Å². The predicted octanol–water partition coefficient (Wildman–Crippen LogP) is 0.273. The highest BCUT2D eigenvalue weighted by molar-refractivity contribution is 5.79. The standard InChI is InChI=1S/C15H20N2O5/c1-7-4-9-10(5-8(7)2)17(15(16-9)21-3)14-13(20)12(19)11(6-18)22-14/h4-5,11-14,18-20H,6H2,1-3H3/t11-,12+,13+,14-/m0/s1. The second-order valence-corrected chi connectivity index (χ2v) is 5.62. The molecule has 1 fully saturated rings. The molecule has 3 rings (SSSR count). The van der Waals surface area contributed by atoms with E-state index in [0.717, 1.165) is 22.2 Å². The first-order chi connectivity index (χ1) is 10.5. The summed E-state index contributed by atoms with van der Waals surface area (Å²) in [6.45, 7) is 3.60. The maximum atomic E-state index is 10.2. The van der Waals surface area contributed by atoms with Gasteiger partial charge in [0.15, 0.2) is 6.23 Å². The van der Waals surface area contributed by atoms with Crippen LogP contribution in [0.4, 0.5) is 0 Å². The lowest BCUT2D eigenvalue weighted by Gasteiger charge is -2.19. The van der Waals surface area contributed by atoms with E-state index in [9.17, 15) is 15.3 Å². The van der Waals surface area contributed by atoms with Crippen LogP contribution < -0.4 is 4.74 Å². The van der Waals surface area contributed by atoms with Crippen molar-refractivity contribution in [2.45, 2.75) is 38.4 Å². The third-order valence-corrected chi connectivity index (χ3v) is 4.23. The van der Waals surface area contributed by atoms with E-state index in [4.69, 9.17) is 9.47 Å². The molecule has 4 atom stereocenters. The quantitative estimate of drug-likeness (QED) is 0.753. The number of ether oxygens (including phenoxy) is 2. The van der Waals surface area contributed by atoms with Crippen molar-refractivity contribution >= 4 is 11.0 Å². The fourth-order valence-corrected chi connectivity index (χ4v) is 2.81. The number of imidazole rings is 1. The number of fused-ring (bicyclic) bond motifs is 1. The number of hydrogen-bond acceptors (Lipinski definition) is 6. The summed E-state index contributed by atoms with van der Waals surface area (Å²) in [4.78, 5) is 4.39. The topological polar surface area (TPSA) is 97.0 Å². The molecule has 1 aromatic carbocycles. The third kappa shape index (κ3) is 2.17. The average Bonchev–Trinajstić information content (AvgIpc) is 2.98. The van der Waals surface area contributed by atoms with Gasteiger partial charge in [0.1, 0.15) is 18.3 Å². The van der Waals surface area contributed by atoms with Crippen molar-refractivity contribution in [2.75, 3.05) is 13.7 Å². The second kappa shape index (κ2) is 5.51. The molecule has 1 aliphatic heterocycles. The van der Waals surface area contributed by atoms with Crippen molar-refractivity contribution in [2.24, 2.45) is 0 Å². The molecule has 120 valence electrons. The number of benzene rings is 1. The smallest absolute Gasteiger partial charge is 0.299 e. The normalized spacial score (nSPS) is 28.5. The Balaban J connectivity index is 2.15. The van der Waals surface area contributed by atoms with Crippen LogP contribution in [0.5, 0.6) is 6.01 Å². The highest BCUT2D eigenvalue weighted by Gasteiger charge is 2.44. The Labute approximate surface area is 127 Å². The molecular weight excluding hydrogens is 288 g/mol. The highest BCUT2D eigenvalue weighted by atomic mass is 16.6. The zero-order valence-corrected chi connectivity index (χ0v) is 12.7. The summed E-state index contributed by atoms with van der Waals surface area (Å²) in [6, 6.07) is 4.16. The highest BCUT2D eigenvalue weighted by Crippen LogP contribution is 2.36. The number of aliphatic hydroxyl groups excluding tert-OH is 3. The zero-order valence-electron chi connectivity index (χ0n) is 12.7. The summed E-state index contributed by atoms with van der Waals surface area (Å²) in [5, 5.41) is 29.4. The molecule has 0 bridgehead atoms. The first kappa shape index (κ1) is 15.2. The monoisotopic (exact) mass is 308 g/mol. The molecular formula is C15H20N2O5. The van der Waals surface area contributed by atoms with Crippen LogP contribution in [0.15, 0.2) is 12.1 Å². The fraction of sp³-hybridized carbons (Fsp3) is 0.533. The second-order valence-electron chi connectivity index (χ2n) is 5.62. The number of rotatable bonds is 3. The third-order valence-electron chi connectivity index (χ3n) is 4.23. The van der Waals surface area contributed by atoms with Crippen molar-refractivity contribution < 1.29 is 24.8 Å². The summed E-state index contributed by atoms with van der Waals surface area (Å²) >= 11 is 0. The molecule has 1 aliphatic rings. The van der Waals surface area contributed by atoms with Gasteiger partial charge in [-0.2, -0.15) is 4.98 Å². The lowest BCUT2D eigenvalue weighted by molar-refractivity contribution is -0.0535. The molecule has 0 spiro atoms. The Morgan fingerprint density at radius 1 is 1.23 bits per heavy atom. The molecule has 1 saturated heterocycles. The predicted molar refractivity (Wildman–Crippen MR) is 78.8 cm³/mol. The Morgan fingerprint density at radius 2 is 1.91 bits per heavy atom. The number of hydrogen-bond donors (Lipinski definition) is 3. The molecule has 1 aromatic heterocycles. The molecule has 7 nitrogen and oxygen atoms in total. The van der Waals surface area contributed by atoms with Crippen LogP contribution in [0, 0.1) is 13.8 Å². The molecule has 0 unspecified atom stereocenters. The van der Waals surface area contributed by atoms with Gasteiger partial charge < -0.3 is 24.8 Å². The average molecular weight is 308 g/mol. The van der Waals surface area contributed by atoms with Crippen molar-refractivity contribution in [3.05, 3.63) is 23.3 Å². The van der Waals surface area contributed by atoms with Gasteiger partial charge in [-0.3, -0.25) is 4.57 Å². The Bertz CT molecular complexity index is 699. The largest absolute Gasteiger partial charge is 0.468 e. The van der Waals surface area contributed by atoms with Gasteiger partial charge in [0.05, 0.1) is 24.8 Å². The van der Waals surface area contributed by atoms with Crippen molar-refractivity contribution in [3.8, 4) is 6.01 Å². The van der Waals surface area contributed by atoms with Crippen LogP contribution in [0.1, 0.15) is 17.4 Å². The maximum absolute atomic E-state index is 10.2. The molecule has 2 aromatic rings. The molecule has 0 aliphatic carbocycles. The molecule has 2 heterocycles. The van der Waals surface area contributed by atoms with E-state index in [0.29, 0.717) is 0 Å². The molecule has 7 heteroatoms. The van der Waals surface area contributed by atoms with Gasteiger partial charge in [-0.1, -0.05) is 0 Å². The van der Waals surface area contributed by atoms with Gasteiger partial charge >= 0.3 is 0 Å². The molecule has 0 amide bonds. The van der Waals surface area contributed by atoms with E-state index in [1.165, 1.54) is 7.11 Å². The Kier molecular flexibility index (Phi) is 3.82. The van der Waals surface area contributed by atoms with E-state index in [1.54, 1.807) is 4.57 Å². The summed E-state index contributed by atoms with van der Waals surface area (Å²) in [5.41, 5.74) is 3.64. The number of nitrogens with zero attached hydrogens (tertiary/aromatic N) is 2. The number of aliphatic hydroxyl groups is 3. The fourth-order valence-electron chi connectivity index (χ4n) is 2.81. The summed E-state index contributed by atoms with van der Waals surface area (Å²) in [5.74, 6) is 0. The number of aryl methyl sites for hydroxylation is 2. The van der Waals surface area contributed by atoms with Crippen LogP contribution in [0.3, 0.4) is 0 Å². The zero-order chi connectivity index (χ0) is 16.0. The molecule has 0 saturated carbocycles. The Hall–Kier alpha value is -1.67. The molecule has 0 radical (unpaired) electrons. The van der Waals surface area contributed by atoms with E-state index in [1.807, 2.05) is 26.0 Å². The molecule has 3 N–H and O–H groups in total. The van der Waals surface area contributed by atoms with Gasteiger partial charge in [-0.15, -0.1) is 0 Å². The SMILES string of the molecule is COc1nc2cc(C)c(C)cc2n1[C@H]1O[C@@H](CO)[C@@H](O)[C@H]1O. The van der Waals surface area contributed by atoms with Crippen LogP contribution in [-0.4, -0.2) is 56.9 Å². The minimum absolute atomic E-state index is 0.287. The van der Waals surface area contributed by atoms with Crippen LogP contribution >= 0.6 is 0 Å². The van der Waals surface area contributed by atoms with Gasteiger partial charge in [0, 0.05) is 0 Å². The first-order valence-electron chi connectivity index (χ1n) is 7.13. The van der Waals surface area contributed by atoms with Crippen LogP contribution in [0.2, 0.25) is 0 Å². The Morgan fingerprint density at radius 3 is 2.50 bits per heavy atom. The summed E-state index contributed by atoms with van der Waals surface area (Å²) in [7, 11) is 1.48. The number of aromatic nitrogens is 2. The van der Waals surface area contributed by atoms with Crippen molar-refractivity contribution in [3.63, 3.8) is 0 Å². The summed E-state index contributed by atoms with van der Waals surface area (Å²) < 4.78 is 12.5. The lowest BCUT2D eigenvalue weighted by Crippen LogP contribution is -2.33. The lowest BCUT2D eigenvalue weighted by atomic mass is 10.1. The van der Waals surface area contributed by atoms with E-state index < -0.39 is 24.5 Å². The van der Waals surface area contributed by atoms with Gasteiger partial charge in [0.2, 0.25) is 0 Å². The van der Waals surface area contributed by atoms with Crippen LogP contribution in [0.25, 0.3) is 11.0 Å². The van der Waals surface area contributed by atoms with Gasteiger partial charge in [0.25, 0.3) is 6.01 Å². The van der Waals surface area contributed by atoms with E-state index in [-0.39, 0.29) is 12.6 Å². The van der Waals surface area contributed by atoms with Gasteiger partial charge in [-0.05, 0) is 37.1 Å². The minimum atomic E-state index is -1.18. The van der Waals surface area contributed by atoms with Gasteiger partial charge in [-0.25, -0.2) is 0 Å². The first-order valence-corrected chi connectivity index (χ1v) is 7.13. The van der Waals surface area contributed by atoms with Crippen LogP contribution in [-0.2, 0) is 4.74 Å². The summed E-state index contributed by atoms with van der Waals surface area (Å²) in [6.07, 6.45) is -4.04. The molecule has 22 heavy (non-hydrogen) atoms. The van der Waals surface area contributed by atoms with E-state index >= 15 is 0 Å². The maximum Gasteiger partial charge on any atom is 0.299 e. The minimum Gasteiger partial charge on any atom is -0.468 e.